The fourth-order valence-corrected chi connectivity index (χ4v) is 5.82. The average molecular weight is 299 g/mol. The van der Waals surface area contributed by atoms with E-state index in [9.17, 15) is 5.11 Å². The van der Waals surface area contributed by atoms with Gasteiger partial charge in [-0.2, -0.15) is 0 Å². The summed E-state index contributed by atoms with van der Waals surface area (Å²) < 4.78 is 0. The first kappa shape index (κ1) is 14.7. The molecule has 1 aromatic carbocycles. The molecule has 0 amide bonds. The largest absolute Gasteiger partial charge is 0.392 e. The third kappa shape index (κ3) is 2.83. The normalized spacial score (nSPS) is 36.0. The van der Waals surface area contributed by atoms with Gasteiger partial charge in [-0.05, 0) is 92.3 Å². The van der Waals surface area contributed by atoms with Crippen molar-refractivity contribution in [2.45, 2.75) is 45.1 Å². The number of hydrogen-bond acceptors (Lipinski definition) is 2. The first-order valence-electron chi connectivity index (χ1n) is 9.22. The van der Waals surface area contributed by atoms with E-state index in [1.165, 1.54) is 37.8 Å². The zero-order valence-corrected chi connectivity index (χ0v) is 13.5. The van der Waals surface area contributed by atoms with Gasteiger partial charge in [0.05, 0.1) is 6.61 Å². The van der Waals surface area contributed by atoms with Crippen molar-refractivity contribution in [1.29, 1.82) is 0 Å². The number of aliphatic hydroxyl groups excluding tert-OH is 1. The van der Waals surface area contributed by atoms with Crippen LogP contribution < -0.4 is 5.32 Å². The molecule has 4 bridgehead atoms. The molecule has 1 aromatic rings. The Morgan fingerprint density at radius 2 is 1.55 bits per heavy atom. The van der Waals surface area contributed by atoms with Crippen molar-refractivity contribution < 1.29 is 5.11 Å². The molecule has 2 heteroatoms. The molecule has 0 saturated heterocycles. The number of rotatable bonds is 6. The van der Waals surface area contributed by atoms with Crippen LogP contribution in [0.3, 0.4) is 0 Å². The standard InChI is InChI=1S/C20H29NO/c22-13-17-4-2-1-3-16(17)5-6-21-12-20-18-8-14-7-15(10-18)11-19(20)9-14/h1-4,14-15,18-22H,5-13H2. The maximum absolute atomic E-state index is 9.40. The number of nitrogens with one attached hydrogen (secondary N) is 1. The minimum absolute atomic E-state index is 0.158. The summed E-state index contributed by atoms with van der Waals surface area (Å²) in [7, 11) is 0. The Hall–Kier alpha value is -0.860. The fraction of sp³-hybridized carbons (Fsp3) is 0.700. The van der Waals surface area contributed by atoms with Gasteiger partial charge in [0.15, 0.2) is 0 Å². The van der Waals surface area contributed by atoms with Crippen LogP contribution in [0, 0.1) is 29.6 Å². The van der Waals surface area contributed by atoms with Crippen molar-refractivity contribution in [2.24, 2.45) is 29.6 Å². The third-order valence-corrected chi connectivity index (χ3v) is 6.66. The molecule has 5 rings (SSSR count). The maximum atomic E-state index is 9.40. The van der Waals surface area contributed by atoms with Crippen molar-refractivity contribution in [2.75, 3.05) is 13.1 Å². The van der Waals surface area contributed by atoms with Crippen LogP contribution in [0.2, 0.25) is 0 Å². The van der Waals surface area contributed by atoms with Crippen LogP contribution in [-0.4, -0.2) is 18.2 Å². The second-order valence-electron chi connectivity index (χ2n) is 7.98. The van der Waals surface area contributed by atoms with Gasteiger partial charge in [-0.1, -0.05) is 24.3 Å². The molecule has 4 aliphatic rings. The zero-order chi connectivity index (χ0) is 14.9. The lowest BCUT2D eigenvalue weighted by Crippen LogP contribution is -2.48. The number of benzene rings is 1. The Kier molecular flexibility index (Phi) is 4.23. The van der Waals surface area contributed by atoms with Gasteiger partial charge in [0.1, 0.15) is 0 Å². The first-order valence-corrected chi connectivity index (χ1v) is 9.22. The van der Waals surface area contributed by atoms with Crippen LogP contribution in [0.5, 0.6) is 0 Å². The van der Waals surface area contributed by atoms with E-state index in [0.29, 0.717) is 0 Å². The summed E-state index contributed by atoms with van der Waals surface area (Å²) in [6.45, 7) is 2.42. The van der Waals surface area contributed by atoms with Gasteiger partial charge in [0.2, 0.25) is 0 Å². The Morgan fingerprint density at radius 1 is 0.909 bits per heavy atom. The summed E-state index contributed by atoms with van der Waals surface area (Å²) in [4.78, 5) is 0. The third-order valence-electron chi connectivity index (χ3n) is 6.66. The molecule has 0 radical (unpaired) electrons. The van der Waals surface area contributed by atoms with Crippen molar-refractivity contribution in [1.82, 2.24) is 5.32 Å². The highest BCUT2D eigenvalue weighted by Crippen LogP contribution is 2.56. The Bertz CT molecular complexity index is 484. The summed E-state index contributed by atoms with van der Waals surface area (Å²) in [5, 5.41) is 13.1. The molecule has 0 unspecified atom stereocenters. The van der Waals surface area contributed by atoms with Gasteiger partial charge in [-0.3, -0.25) is 0 Å². The van der Waals surface area contributed by atoms with Crippen LogP contribution in [0.1, 0.15) is 43.2 Å². The highest BCUT2D eigenvalue weighted by atomic mass is 16.3. The number of hydrogen-bond donors (Lipinski definition) is 2. The van der Waals surface area contributed by atoms with Gasteiger partial charge < -0.3 is 10.4 Å². The molecule has 2 nitrogen and oxygen atoms in total. The van der Waals surface area contributed by atoms with Crippen molar-refractivity contribution in [3.8, 4) is 0 Å². The van der Waals surface area contributed by atoms with Gasteiger partial charge in [-0.15, -0.1) is 0 Å². The summed E-state index contributed by atoms with van der Waals surface area (Å²) >= 11 is 0. The predicted molar refractivity (Wildman–Crippen MR) is 89.5 cm³/mol. The van der Waals surface area contributed by atoms with Crippen LogP contribution in [0.15, 0.2) is 24.3 Å². The van der Waals surface area contributed by atoms with E-state index in [1.54, 1.807) is 6.42 Å². The molecule has 0 atom stereocenters. The molecule has 0 aromatic heterocycles. The monoisotopic (exact) mass is 299 g/mol. The van der Waals surface area contributed by atoms with Crippen molar-refractivity contribution in [3.05, 3.63) is 35.4 Å². The maximum Gasteiger partial charge on any atom is 0.0684 e. The molecule has 0 heterocycles. The van der Waals surface area contributed by atoms with Crippen LogP contribution in [0.4, 0.5) is 0 Å². The van der Waals surface area contributed by atoms with Crippen molar-refractivity contribution >= 4 is 0 Å². The topological polar surface area (TPSA) is 32.3 Å². The Balaban J connectivity index is 1.27. The second-order valence-corrected chi connectivity index (χ2v) is 7.98. The Morgan fingerprint density at radius 3 is 2.18 bits per heavy atom. The van der Waals surface area contributed by atoms with E-state index >= 15 is 0 Å². The SMILES string of the molecule is OCc1ccccc1CCNCC1C2CC3CC(C2)CC1C3. The van der Waals surface area contributed by atoms with E-state index in [0.717, 1.165) is 48.1 Å². The lowest BCUT2D eigenvalue weighted by molar-refractivity contribution is -0.0353. The van der Waals surface area contributed by atoms with Crippen LogP contribution in [0.25, 0.3) is 0 Å². The van der Waals surface area contributed by atoms with Gasteiger partial charge in [0.25, 0.3) is 0 Å². The lowest BCUT2D eigenvalue weighted by Gasteiger charge is -2.54. The molecule has 4 fully saturated rings. The minimum atomic E-state index is 0.158. The van der Waals surface area contributed by atoms with E-state index in [2.05, 4.69) is 17.4 Å². The summed E-state index contributed by atoms with van der Waals surface area (Å²) in [5.74, 6) is 5.15. The van der Waals surface area contributed by atoms with Gasteiger partial charge in [0, 0.05) is 0 Å². The second kappa shape index (κ2) is 6.33. The van der Waals surface area contributed by atoms with E-state index in [4.69, 9.17) is 0 Å². The van der Waals surface area contributed by atoms with E-state index < -0.39 is 0 Å². The molecule has 4 aliphatic carbocycles. The Labute approximate surface area is 134 Å². The predicted octanol–water partition coefficient (Wildman–Crippen LogP) is 3.38. The molecule has 0 spiro atoms. The molecule has 22 heavy (non-hydrogen) atoms. The molecular weight excluding hydrogens is 270 g/mol. The highest BCUT2D eigenvalue weighted by molar-refractivity contribution is 5.26. The number of aliphatic hydroxyl groups is 1. The molecule has 2 N–H and O–H groups in total. The van der Waals surface area contributed by atoms with E-state index in [1.807, 2.05) is 12.1 Å². The smallest absolute Gasteiger partial charge is 0.0684 e. The lowest BCUT2D eigenvalue weighted by atomic mass is 9.52. The molecule has 120 valence electrons. The molecule has 4 saturated carbocycles. The fourth-order valence-electron chi connectivity index (χ4n) is 5.82. The average Bonchev–Trinajstić information content (AvgIpc) is 2.53. The molecular formula is C20H29NO. The van der Waals surface area contributed by atoms with Crippen LogP contribution in [-0.2, 0) is 13.0 Å². The minimum Gasteiger partial charge on any atom is -0.392 e. The van der Waals surface area contributed by atoms with Crippen LogP contribution >= 0.6 is 0 Å². The van der Waals surface area contributed by atoms with Gasteiger partial charge >= 0.3 is 0 Å². The quantitative estimate of drug-likeness (QED) is 0.789. The summed E-state index contributed by atoms with van der Waals surface area (Å²) in [6.07, 6.45) is 8.66. The van der Waals surface area contributed by atoms with Gasteiger partial charge in [-0.25, -0.2) is 0 Å². The first-order chi connectivity index (χ1) is 10.8. The molecule has 0 aliphatic heterocycles. The van der Waals surface area contributed by atoms with E-state index in [-0.39, 0.29) is 6.61 Å². The van der Waals surface area contributed by atoms with Crippen molar-refractivity contribution in [3.63, 3.8) is 0 Å². The highest BCUT2D eigenvalue weighted by Gasteiger charge is 2.47. The summed E-state index contributed by atoms with van der Waals surface area (Å²) in [5.41, 5.74) is 2.38. The zero-order valence-electron chi connectivity index (χ0n) is 13.5. The summed E-state index contributed by atoms with van der Waals surface area (Å²) in [6, 6.07) is 8.27.